The molecule has 0 spiro atoms. The van der Waals surface area contributed by atoms with Crippen molar-refractivity contribution in [3.05, 3.63) is 59.3 Å². The first kappa shape index (κ1) is 20.1. The number of halogens is 3. The van der Waals surface area contributed by atoms with Gasteiger partial charge in [-0.3, -0.25) is 4.79 Å². The van der Waals surface area contributed by atoms with Crippen LogP contribution in [-0.2, 0) is 24.0 Å². The number of ether oxygens (including phenoxy) is 2. The van der Waals surface area contributed by atoms with Crippen LogP contribution in [-0.4, -0.2) is 22.8 Å². The lowest BCUT2D eigenvalue weighted by atomic mass is 10.1. The zero-order valence-electron chi connectivity index (χ0n) is 16.2. The van der Waals surface area contributed by atoms with Crippen LogP contribution in [0.1, 0.15) is 35.7 Å². The molecule has 1 unspecified atom stereocenters. The van der Waals surface area contributed by atoms with Gasteiger partial charge in [0.25, 0.3) is 0 Å². The number of methoxy groups -OCH3 is 1. The molecule has 158 valence electrons. The van der Waals surface area contributed by atoms with Gasteiger partial charge < -0.3 is 19.1 Å². The predicted molar refractivity (Wildman–Crippen MR) is 104 cm³/mol. The summed E-state index contributed by atoms with van der Waals surface area (Å²) in [5, 5.41) is 10.1. The van der Waals surface area contributed by atoms with Crippen LogP contribution in [0.4, 0.5) is 13.2 Å². The van der Waals surface area contributed by atoms with Gasteiger partial charge in [-0.25, -0.2) is 0 Å². The van der Waals surface area contributed by atoms with Crippen LogP contribution in [0.15, 0.2) is 42.5 Å². The van der Waals surface area contributed by atoms with E-state index < -0.39 is 17.7 Å². The summed E-state index contributed by atoms with van der Waals surface area (Å²) in [7, 11) is 1.20. The Balaban J connectivity index is 1.58. The number of aromatic nitrogens is 1. The van der Waals surface area contributed by atoms with Crippen molar-refractivity contribution in [3.63, 3.8) is 0 Å². The molecule has 1 N–H and O–H groups in total. The van der Waals surface area contributed by atoms with E-state index in [-0.39, 0.29) is 24.8 Å². The van der Waals surface area contributed by atoms with E-state index in [0.29, 0.717) is 11.3 Å². The average molecular weight is 419 g/mol. The van der Waals surface area contributed by atoms with E-state index >= 15 is 0 Å². The molecule has 3 aromatic rings. The Hall–Kier alpha value is -3.16. The minimum atomic E-state index is -4.52. The van der Waals surface area contributed by atoms with Crippen molar-refractivity contribution in [3.8, 4) is 11.5 Å². The summed E-state index contributed by atoms with van der Waals surface area (Å²) in [6.07, 6.45) is -2.89. The Labute approximate surface area is 170 Å². The lowest BCUT2D eigenvalue weighted by Crippen LogP contribution is -2.09. The second-order valence-electron chi connectivity index (χ2n) is 7.34. The van der Waals surface area contributed by atoms with E-state index in [4.69, 9.17) is 14.6 Å². The molecule has 0 saturated carbocycles. The summed E-state index contributed by atoms with van der Waals surface area (Å²) < 4.78 is 52.2. The topological polar surface area (TPSA) is 60.7 Å². The Bertz CT molecular complexity index is 1100. The van der Waals surface area contributed by atoms with Gasteiger partial charge in [-0.2, -0.15) is 13.2 Å². The number of carboxylic acid groups (broad SMARTS) is 1. The normalized spacial score (nSPS) is 15.9. The summed E-state index contributed by atoms with van der Waals surface area (Å²) in [4.78, 5) is 11.2. The molecule has 2 heterocycles. The van der Waals surface area contributed by atoms with Crippen molar-refractivity contribution in [2.24, 2.45) is 0 Å². The lowest BCUT2D eigenvalue weighted by Gasteiger charge is -2.15. The summed E-state index contributed by atoms with van der Waals surface area (Å²) in [5.41, 5.74) is 1.48. The Morgan fingerprint density at radius 1 is 1.20 bits per heavy atom. The third-order valence-electron chi connectivity index (χ3n) is 5.38. The van der Waals surface area contributed by atoms with Crippen molar-refractivity contribution in [1.29, 1.82) is 0 Å². The molecule has 8 heteroatoms. The van der Waals surface area contributed by atoms with Crippen LogP contribution in [0, 0.1) is 0 Å². The third kappa shape index (κ3) is 3.81. The van der Waals surface area contributed by atoms with Gasteiger partial charge in [-0.05, 0) is 48.7 Å². The first-order valence-corrected chi connectivity index (χ1v) is 9.49. The van der Waals surface area contributed by atoms with Crippen molar-refractivity contribution in [2.75, 3.05) is 7.11 Å². The maximum absolute atomic E-state index is 13.2. The van der Waals surface area contributed by atoms with Gasteiger partial charge in [-0.1, -0.05) is 6.07 Å². The second-order valence-corrected chi connectivity index (χ2v) is 7.34. The molecule has 0 aliphatic carbocycles. The number of hydrogen-bond donors (Lipinski definition) is 1. The third-order valence-corrected chi connectivity index (χ3v) is 5.38. The molecule has 1 aliphatic rings. The van der Waals surface area contributed by atoms with E-state index in [9.17, 15) is 18.0 Å². The number of aliphatic carboxylic acids is 1. The zero-order chi connectivity index (χ0) is 21.5. The molecule has 0 fully saturated rings. The highest BCUT2D eigenvalue weighted by Crippen LogP contribution is 2.38. The fourth-order valence-corrected chi connectivity index (χ4v) is 4.04. The monoisotopic (exact) mass is 419 g/mol. The van der Waals surface area contributed by atoms with Gasteiger partial charge >= 0.3 is 12.1 Å². The number of fused-ring (bicyclic) bond motifs is 3. The highest BCUT2D eigenvalue weighted by atomic mass is 19.4. The maximum atomic E-state index is 13.2. The molecule has 0 amide bonds. The molecule has 0 saturated heterocycles. The van der Waals surface area contributed by atoms with Gasteiger partial charge in [0.1, 0.15) is 18.1 Å². The minimum absolute atomic E-state index is 0.0370. The second kappa shape index (κ2) is 7.59. The Morgan fingerprint density at radius 3 is 2.70 bits per heavy atom. The number of carbonyl (C=O) groups is 1. The van der Waals surface area contributed by atoms with E-state index in [1.165, 1.54) is 19.2 Å². The van der Waals surface area contributed by atoms with Gasteiger partial charge in [0.2, 0.25) is 0 Å². The van der Waals surface area contributed by atoms with E-state index in [0.717, 1.165) is 35.5 Å². The molecular weight excluding hydrogens is 399 g/mol. The summed E-state index contributed by atoms with van der Waals surface area (Å²) in [6.45, 7) is -0.0370. The molecule has 1 aromatic heterocycles. The fraction of sp³-hybridized carbons (Fsp3) is 0.318. The number of benzene rings is 2. The van der Waals surface area contributed by atoms with Crippen molar-refractivity contribution in [1.82, 2.24) is 4.57 Å². The van der Waals surface area contributed by atoms with Crippen LogP contribution in [0.2, 0.25) is 0 Å². The van der Waals surface area contributed by atoms with Gasteiger partial charge in [0.05, 0.1) is 24.6 Å². The predicted octanol–water partition coefficient (Wildman–Crippen LogP) is 5.21. The molecule has 4 rings (SSSR count). The van der Waals surface area contributed by atoms with Crippen molar-refractivity contribution >= 4 is 16.9 Å². The molecule has 1 atom stereocenters. The molecule has 0 bridgehead atoms. The highest BCUT2D eigenvalue weighted by Gasteiger charge is 2.34. The maximum Gasteiger partial charge on any atom is 0.419 e. The standard InChI is InChI=1S/C22H20F3NO4/c1-29-20-7-2-13(8-18(20)22(23,24)25)12-30-17-6-3-14-9-15-4-5-16(10-21(27)28)26(15)19(14)11-17/h2-3,6-9,11,16H,4-5,10,12H2,1H3,(H,27,28). The number of aryl methyl sites for hydroxylation is 1. The van der Waals surface area contributed by atoms with Gasteiger partial charge in [0.15, 0.2) is 0 Å². The fourth-order valence-electron chi connectivity index (χ4n) is 4.04. The van der Waals surface area contributed by atoms with Gasteiger partial charge in [0, 0.05) is 23.2 Å². The van der Waals surface area contributed by atoms with Crippen molar-refractivity contribution in [2.45, 2.75) is 38.1 Å². The molecule has 30 heavy (non-hydrogen) atoms. The number of rotatable bonds is 6. The number of hydrogen-bond acceptors (Lipinski definition) is 3. The Morgan fingerprint density at radius 2 is 2.00 bits per heavy atom. The van der Waals surface area contributed by atoms with Crippen LogP contribution in [0.5, 0.6) is 11.5 Å². The molecular formula is C22H20F3NO4. The quantitative estimate of drug-likeness (QED) is 0.596. The average Bonchev–Trinajstić information content (AvgIpc) is 3.24. The van der Waals surface area contributed by atoms with E-state index in [2.05, 4.69) is 0 Å². The van der Waals surface area contributed by atoms with Gasteiger partial charge in [-0.15, -0.1) is 0 Å². The van der Waals surface area contributed by atoms with Crippen LogP contribution < -0.4 is 9.47 Å². The smallest absolute Gasteiger partial charge is 0.419 e. The van der Waals surface area contributed by atoms with E-state index in [1.54, 1.807) is 6.07 Å². The molecule has 1 aliphatic heterocycles. The SMILES string of the molecule is COc1ccc(COc2ccc3cc4n(c3c2)C(CC(=O)O)CC4)cc1C(F)(F)F. The molecule has 0 radical (unpaired) electrons. The number of nitrogens with zero attached hydrogens (tertiary/aromatic N) is 1. The van der Waals surface area contributed by atoms with Crippen molar-refractivity contribution < 1.29 is 32.5 Å². The van der Waals surface area contributed by atoms with Crippen LogP contribution >= 0.6 is 0 Å². The lowest BCUT2D eigenvalue weighted by molar-refractivity contribution is -0.139. The van der Waals surface area contributed by atoms with Crippen LogP contribution in [0.25, 0.3) is 10.9 Å². The first-order valence-electron chi connectivity index (χ1n) is 9.49. The molecule has 2 aromatic carbocycles. The largest absolute Gasteiger partial charge is 0.496 e. The summed E-state index contributed by atoms with van der Waals surface area (Å²) >= 11 is 0. The first-order chi connectivity index (χ1) is 14.3. The number of alkyl halides is 3. The number of carboxylic acids is 1. The molecule has 5 nitrogen and oxygen atoms in total. The zero-order valence-corrected chi connectivity index (χ0v) is 16.2. The Kier molecular flexibility index (Phi) is 5.09. The minimum Gasteiger partial charge on any atom is -0.496 e. The highest BCUT2D eigenvalue weighted by molar-refractivity contribution is 5.83. The van der Waals surface area contributed by atoms with Crippen LogP contribution in [0.3, 0.4) is 0 Å². The summed E-state index contributed by atoms with van der Waals surface area (Å²) in [6, 6.07) is 11.2. The van der Waals surface area contributed by atoms with E-state index in [1.807, 2.05) is 22.8 Å². The summed E-state index contributed by atoms with van der Waals surface area (Å²) in [5.74, 6) is -0.572.